The van der Waals surface area contributed by atoms with Crippen molar-refractivity contribution in [3.63, 3.8) is 0 Å². The van der Waals surface area contributed by atoms with E-state index in [2.05, 4.69) is 26.0 Å². The van der Waals surface area contributed by atoms with E-state index in [-0.39, 0.29) is 11.2 Å². The quantitative estimate of drug-likeness (QED) is 0.782. The normalized spacial score (nSPS) is 22.4. The summed E-state index contributed by atoms with van der Waals surface area (Å²) >= 11 is -0.474. The Balaban J connectivity index is 2.31. The summed E-state index contributed by atoms with van der Waals surface area (Å²) in [6, 6.07) is 10.1. The molecule has 0 heterocycles. The fourth-order valence-electron chi connectivity index (χ4n) is 2.00. The Labute approximate surface area is 112 Å². The fourth-order valence-corrected chi connectivity index (χ4v) is 4.40. The molecule has 0 amide bonds. The molecule has 0 aromatic heterocycles. The van der Waals surface area contributed by atoms with Crippen LogP contribution in [-0.2, 0) is 4.79 Å². The Kier molecular flexibility index (Phi) is 3.56. The molecule has 1 aromatic rings. The minimum atomic E-state index is -0.474. The summed E-state index contributed by atoms with van der Waals surface area (Å²) in [6.07, 6.45) is 1.33. The van der Waals surface area contributed by atoms with Gasteiger partial charge in [0.25, 0.3) is 0 Å². The van der Waals surface area contributed by atoms with E-state index in [0.717, 1.165) is 9.93 Å². The Bertz CT molecular complexity index is 466. The zero-order valence-corrected chi connectivity index (χ0v) is 12.2. The van der Waals surface area contributed by atoms with Crippen molar-refractivity contribution in [3.8, 4) is 0 Å². The lowest BCUT2D eigenvalue weighted by atomic mass is 9.76. The van der Waals surface area contributed by atoms with Gasteiger partial charge in [-0.25, -0.2) is 0 Å². The summed E-state index contributed by atoms with van der Waals surface area (Å²) in [5.41, 5.74) is 0.542. The van der Waals surface area contributed by atoms with Gasteiger partial charge >= 0.3 is 0 Å². The van der Waals surface area contributed by atoms with E-state index in [1.54, 1.807) is 0 Å². The Morgan fingerprint density at radius 1 is 1.18 bits per heavy atom. The van der Waals surface area contributed by atoms with Crippen LogP contribution in [0.25, 0.3) is 0 Å². The molecule has 2 nitrogen and oxygen atoms in total. The Morgan fingerprint density at radius 2 is 1.82 bits per heavy atom. The average molecular weight is 341 g/mol. The van der Waals surface area contributed by atoms with E-state index in [1.165, 1.54) is 3.57 Å². The number of rotatable bonds is 1. The first-order valence-corrected chi connectivity index (χ1v) is 7.81. The third kappa shape index (κ3) is 3.09. The Morgan fingerprint density at radius 3 is 2.41 bits per heavy atom. The molecule has 0 atom stereocenters. The van der Waals surface area contributed by atoms with Crippen molar-refractivity contribution < 1.29 is 4.79 Å². The van der Waals surface area contributed by atoms with Crippen molar-refractivity contribution in [2.45, 2.75) is 26.7 Å². The molecule has 1 aliphatic rings. The summed E-state index contributed by atoms with van der Waals surface area (Å²) in [6.45, 7) is 4.13. The fraction of sp³-hybridized carbons (Fsp3) is 0.357. The molecule has 0 bridgehead atoms. The van der Waals surface area contributed by atoms with Gasteiger partial charge in [-0.05, 0) is 24.0 Å². The van der Waals surface area contributed by atoms with Crippen LogP contribution in [0.4, 0.5) is 0 Å². The van der Waals surface area contributed by atoms with Gasteiger partial charge in [-0.2, -0.15) is 0 Å². The predicted molar refractivity (Wildman–Crippen MR) is 79.9 cm³/mol. The maximum Gasteiger partial charge on any atom is 0.170 e. The molecule has 1 fully saturated rings. The van der Waals surface area contributed by atoms with Crippen molar-refractivity contribution in [2.24, 2.45) is 5.41 Å². The Hall–Kier alpha value is -0.840. The average Bonchev–Trinajstić information content (AvgIpc) is 2.24. The summed E-state index contributed by atoms with van der Waals surface area (Å²) < 4.78 is 2.04. The number of hydrogen-bond donors (Lipinski definition) is 1. The molecule has 2 rings (SSSR count). The van der Waals surface area contributed by atoms with Crippen LogP contribution in [0.15, 0.2) is 30.3 Å². The number of ketones is 1. The number of hydrogen-bond acceptors (Lipinski definition) is 2. The molecule has 1 aliphatic carbocycles. The van der Waals surface area contributed by atoms with Crippen molar-refractivity contribution in [1.29, 1.82) is 5.41 Å². The molecule has 1 aromatic carbocycles. The molecule has 0 unspecified atom stereocenters. The standard InChI is InChI=1S/C14H16INO/c1-14(2)8-11(16)13(12(17)9-14)15-10-6-4-3-5-7-10/h3-7,16H,8-9H2,1-2H3. The minimum absolute atomic E-state index is 0.0297. The van der Waals surface area contributed by atoms with Gasteiger partial charge < -0.3 is 5.41 Å². The molecule has 0 radical (unpaired) electrons. The predicted octanol–water partition coefficient (Wildman–Crippen LogP) is 3.41. The van der Waals surface area contributed by atoms with Crippen LogP contribution in [0, 0.1) is 14.4 Å². The maximum atomic E-state index is 12.1. The van der Waals surface area contributed by atoms with Crippen molar-refractivity contribution in [1.82, 2.24) is 0 Å². The number of nitrogens with one attached hydrogen (secondary N) is 1. The largest absolute Gasteiger partial charge is 0.304 e. The van der Waals surface area contributed by atoms with Gasteiger partial charge in [0.2, 0.25) is 0 Å². The van der Waals surface area contributed by atoms with Crippen LogP contribution in [-0.4, -0.2) is 15.0 Å². The first kappa shape index (κ1) is 12.6. The highest BCUT2D eigenvalue weighted by molar-refractivity contribution is 14.2. The molecular weight excluding hydrogens is 325 g/mol. The second-order valence-electron chi connectivity index (χ2n) is 5.12. The maximum absolute atomic E-state index is 12.1. The van der Waals surface area contributed by atoms with Gasteiger partial charge in [-0.1, -0.05) is 52.8 Å². The van der Waals surface area contributed by atoms with Crippen LogP contribution < -0.4 is 0 Å². The van der Waals surface area contributed by atoms with Gasteiger partial charge in [0.05, 0.1) is 3.51 Å². The van der Waals surface area contributed by atoms with Crippen LogP contribution in [0.2, 0.25) is 0 Å². The molecule has 1 saturated carbocycles. The number of Topliss-reactive ketones (excluding diaryl/α,β-unsaturated/α-hetero) is 1. The highest BCUT2D eigenvalue weighted by Crippen LogP contribution is 2.32. The molecular formula is C14H16INO. The first-order chi connectivity index (χ1) is 7.98. The molecule has 17 heavy (non-hydrogen) atoms. The van der Waals surface area contributed by atoms with Gasteiger partial charge in [-0.15, -0.1) is 0 Å². The van der Waals surface area contributed by atoms with Gasteiger partial charge in [0.15, 0.2) is 5.78 Å². The van der Waals surface area contributed by atoms with Crippen LogP contribution in [0.5, 0.6) is 0 Å². The number of halogens is 1. The summed E-state index contributed by atoms with van der Waals surface area (Å²) in [7, 11) is 0. The van der Waals surface area contributed by atoms with E-state index in [1.807, 2.05) is 18.2 Å². The topological polar surface area (TPSA) is 40.9 Å². The molecule has 90 valence electrons. The molecule has 0 aliphatic heterocycles. The monoisotopic (exact) mass is 341 g/mol. The lowest BCUT2D eigenvalue weighted by molar-refractivity contribution is -0.114. The van der Waals surface area contributed by atoms with E-state index < -0.39 is 20.7 Å². The van der Waals surface area contributed by atoms with Gasteiger partial charge in [0, 0.05) is 15.7 Å². The summed E-state index contributed by atoms with van der Waals surface area (Å²) in [5, 5.41) is 8.05. The first-order valence-electron chi connectivity index (χ1n) is 5.66. The number of carbonyl (C=O) groups is 1. The second kappa shape index (κ2) is 4.80. The number of carbonyl (C=O) groups excluding carboxylic acids is 1. The lowest BCUT2D eigenvalue weighted by Crippen LogP contribution is -2.36. The van der Waals surface area contributed by atoms with E-state index in [0.29, 0.717) is 12.1 Å². The van der Waals surface area contributed by atoms with Crippen LogP contribution >= 0.6 is 20.7 Å². The molecule has 0 saturated heterocycles. The van der Waals surface area contributed by atoms with Gasteiger partial charge in [0.1, 0.15) is 0 Å². The van der Waals surface area contributed by atoms with Crippen molar-refractivity contribution in [2.75, 3.05) is 0 Å². The third-order valence-corrected chi connectivity index (χ3v) is 5.87. The third-order valence-electron chi connectivity index (χ3n) is 2.74. The zero-order valence-electron chi connectivity index (χ0n) is 10.1. The number of benzene rings is 1. The molecule has 1 N–H and O–H groups in total. The van der Waals surface area contributed by atoms with E-state index >= 15 is 0 Å². The van der Waals surface area contributed by atoms with Crippen LogP contribution in [0.3, 0.4) is 0 Å². The zero-order chi connectivity index (χ0) is 12.5. The highest BCUT2D eigenvalue weighted by atomic mass is 127. The second-order valence-corrected chi connectivity index (χ2v) is 7.99. The van der Waals surface area contributed by atoms with Gasteiger partial charge in [-0.3, -0.25) is 4.79 Å². The summed E-state index contributed by atoms with van der Waals surface area (Å²) in [4.78, 5) is 12.1. The highest BCUT2D eigenvalue weighted by Gasteiger charge is 2.33. The van der Waals surface area contributed by atoms with E-state index in [9.17, 15) is 4.79 Å². The van der Waals surface area contributed by atoms with E-state index in [4.69, 9.17) is 5.41 Å². The minimum Gasteiger partial charge on any atom is -0.304 e. The smallest absolute Gasteiger partial charge is 0.170 e. The summed E-state index contributed by atoms with van der Waals surface area (Å²) in [5.74, 6) is 0.197. The SMILES string of the molecule is CC1(C)CC(=N)C(=Ic2ccccc2)C(=O)C1. The lowest BCUT2D eigenvalue weighted by Gasteiger charge is -2.29. The van der Waals surface area contributed by atoms with Crippen molar-refractivity contribution >= 4 is 35.7 Å². The van der Waals surface area contributed by atoms with Crippen LogP contribution in [0.1, 0.15) is 26.7 Å². The van der Waals surface area contributed by atoms with Crippen molar-refractivity contribution in [3.05, 3.63) is 33.9 Å². The molecule has 0 spiro atoms. The molecule has 3 heteroatoms.